The van der Waals surface area contributed by atoms with Gasteiger partial charge in [-0.15, -0.1) is 0 Å². The zero-order chi connectivity index (χ0) is 57.4. The van der Waals surface area contributed by atoms with Crippen molar-refractivity contribution in [3.05, 3.63) is 215 Å². The van der Waals surface area contributed by atoms with E-state index in [0.29, 0.717) is 22.6 Å². The average Bonchev–Trinajstić information content (AvgIpc) is 4.23. The molecule has 1 aliphatic rings. The summed E-state index contributed by atoms with van der Waals surface area (Å²) in [5, 5.41) is 2.24. The van der Waals surface area contributed by atoms with Crippen LogP contribution in [0.5, 0.6) is 11.5 Å². The fourth-order valence-corrected chi connectivity index (χ4v) is 11.6. The standard InChI is InChI=1S/C74H74F2N4O/c1-44(2)48-30-49(45(3)4)32-50(31-48)60-21-19-22-61(51-33-55(75)40-56(76)34-51)72(60)79-43-78(67-24-17-18-25-68(67)79)57-35-52(71-64(46(5)6)37-54(74(12,13)14)38-65(71)47(7)8)36-59(41-57)81-58-26-27-63-62-20-15-16-23-66(62)80(69(63)42-58)70-39-53(28-29-77-70)73(9,10)11/h15-42,44-47H,1-14H3/q+2. The van der Waals surface area contributed by atoms with Gasteiger partial charge < -0.3 is 4.74 Å². The SMILES string of the molecule is CC(C)c1cc(-c2cccc(-c3cc(F)cc(F)c3)c2[N+]2=C=[N+](c3cc(Oc4ccc5c6ccccc6n(-c6cc(C(C)(C)C)ccn6)c5c4)cc(-c4c(C(C)C)cc(C(C)(C)C)cc4C(C)C)c3)c3ccccc32)cc(C(C)C)c1. The summed E-state index contributed by atoms with van der Waals surface area (Å²) in [6.07, 6.45) is 1.91. The van der Waals surface area contributed by atoms with E-state index < -0.39 is 11.6 Å². The topological polar surface area (TPSA) is 33.1 Å². The highest BCUT2D eigenvalue weighted by atomic mass is 19.1. The molecule has 0 N–H and O–H groups in total. The molecule has 0 atom stereocenters. The zero-order valence-electron chi connectivity index (χ0n) is 49.4. The molecule has 0 unspecified atom stereocenters. The molecule has 0 saturated heterocycles. The molecule has 0 amide bonds. The number of nitrogens with zero attached hydrogens (tertiary/aromatic N) is 4. The molecule has 11 rings (SSSR count). The first kappa shape index (κ1) is 54.7. The Morgan fingerprint density at radius 3 is 1.67 bits per heavy atom. The van der Waals surface area contributed by atoms with Crippen molar-refractivity contribution in [2.75, 3.05) is 0 Å². The average molecular weight is 1070 g/mol. The summed E-state index contributed by atoms with van der Waals surface area (Å²) < 4.78 is 44.6. The van der Waals surface area contributed by atoms with Gasteiger partial charge >= 0.3 is 6.01 Å². The summed E-state index contributed by atoms with van der Waals surface area (Å²) in [5.74, 6) is 1.84. The molecule has 81 heavy (non-hydrogen) atoms. The predicted octanol–water partition coefficient (Wildman–Crippen LogP) is 21.2. The van der Waals surface area contributed by atoms with Crippen LogP contribution < -0.4 is 13.9 Å². The first-order valence-electron chi connectivity index (χ1n) is 28.7. The number of pyridine rings is 1. The number of fused-ring (bicyclic) bond motifs is 4. The summed E-state index contributed by atoms with van der Waals surface area (Å²) in [6.45, 7) is 31.6. The molecule has 0 bridgehead atoms. The monoisotopic (exact) mass is 1070 g/mol. The third-order valence-electron chi connectivity index (χ3n) is 16.1. The Hall–Kier alpha value is -8.25. The van der Waals surface area contributed by atoms with E-state index in [2.05, 4.69) is 238 Å². The Bertz CT molecular complexity index is 4110. The number of halogens is 2. The van der Waals surface area contributed by atoms with Gasteiger partial charge in [-0.3, -0.25) is 4.57 Å². The lowest BCUT2D eigenvalue weighted by Crippen LogP contribution is -2.14. The predicted molar refractivity (Wildman–Crippen MR) is 336 cm³/mol. The molecule has 408 valence electrons. The molecule has 0 radical (unpaired) electrons. The maximum Gasteiger partial charge on any atom is 0.503 e. The molecule has 3 heterocycles. The summed E-state index contributed by atoms with van der Waals surface area (Å²) in [7, 11) is 0. The minimum Gasteiger partial charge on any atom is -0.457 e. The lowest BCUT2D eigenvalue weighted by Gasteiger charge is -2.27. The zero-order valence-corrected chi connectivity index (χ0v) is 49.4. The summed E-state index contributed by atoms with van der Waals surface area (Å²) in [5.41, 5.74) is 18.0. The first-order valence-corrected chi connectivity index (χ1v) is 28.7. The third-order valence-corrected chi connectivity index (χ3v) is 16.1. The number of aromatic nitrogens is 2. The van der Waals surface area contributed by atoms with Gasteiger partial charge in [-0.05, 0) is 160 Å². The van der Waals surface area contributed by atoms with Crippen LogP contribution in [0.4, 0.5) is 31.5 Å². The number of ether oxygens (including phenoxy) is 1. The van der Waals surface area contributed by atoms with E-state index in [1.54, 1.807) is 0 Å². The van der Waals surface area contributed by atoms with Crippen LogP contribution in [0.25, 0.3) is 61.0 Å². The van der Waals surface area contributed by atoms with E-state index in [1.165, 1.54) is 51.1 Å². The molecule has 0 fully saturated rings. The van der Waals surface area contributed by atoms with Crippen molar-refractivity contribution in [2.45, 2.75) is 131 Å². The Labute approximate surface area is 477 Å². The Balaban J connectivity index is 1.19. The van der Waals surface area contributed by atoms with Crippen LogP contribution >= 0.6 is 0 Å². The summed E-state index contributed by atoms with van der Waals surface area (Å²) >= 11 is 0. The van der Waals surface area contributed by atoms with E-state index in [4.69, 9.17) is 9.72 Å². The van der Waals surface area contributed by atoms with Gasteiger partial charge in [0.05, 0.1) is 28.2 Å². The van der Waals surface area contributed by atoms with Crippen LogP contribution in [-0.2, 0) is 10.8 Å². The Kier molecular flexibility index (Phi) is 14.2. The van der Waals surface area contributed by atoms with Crippen LogP contribution in [0.3, 0.4) is 0 Å². The minimum absolute atomic E-state index is 0.0713. The van der Waals surface area contributed by atoms with E-state index in [1.807, 2.05) is 30.5 Å². The van der Waals surface area contributed by atoms with Crippen molar-refractivity contribution in [1.29, 1.82) is 0 Å². The summed E-state index contributed by atoms with van der Waals surface area (Å²) in [6, 6.07) is 59.4. The highest BCUT2D eigenvalue weighted by molar-refractivity contribution is 6.09. The van der Waals surface area contributed by atoms with Crippen molar-refractivity contribution >= 4 is 50.6 Å². The minimum atomic E-state index is -0.643. The van der Waals surface area contributed by atoms with Gasteiger partial charge in [0.25, 0.3) is 11.4 Å². The quantitative estimate of drug-likeness (QED) is 0.114. The Morgan fingerprint density at radius 2 is 1.06 bits per heavy atom. The Morgan fingerprint density at radius 1 is 0.481 bits per heavy atom. The van der Waals surface area contributed by atoms with Crippen LogP contribution in [0.1, 0.15) is 154 Å². The second-order valence-corrected chi connectivity index (χ2v) is 25.4. The molecule has 2 aromatic heterocycles. The maximum absolute atomic E-state index is 15.4. The molecule has 10 aromatic rings. The summed E-state index contributed by atoms with van der Waals surface area (Å²) in [4.78, 5) is 4.97. The van der Waals surface area contributed by atoms with Crippen molar-refractivity contribution in [3.8, 4) is 50.7 Å². The van der Waals surface area contributed by atoms with E-state index >= 15 is 8.78 Å². The first-order chi connectivity index (χ1) is 38.5. The number of rotatable bonds is 12. The molecule has 0 spiro atoms. The number of hydrogen-bond acceptors (Lipinski definition) is 2. The fraction of sp³-hybridized carbons (Fsp3) is 0.270. The van der Waals surface area contributed by atoms with E-state index in [0.717, 1.165) is 73.1 Å². The number of para-hydroxylation sites is 4. The maximum atomic E-state index is 15.4. The van der Waals surface area contributed by atoms with Gasteiger partial charge in [-0.1, -0.05) is 164 Å². The molecule has 1 aliphatic heterocycles. The molecule has 5 nitrogen and oxygen atoms in total. The van der Waals surface area contributed by atoms with Gasteiger partial charge in [0.1, 0.15) is 29.0 Å². The number of benzene rings is 8. The van der Waals surface area contributed by atoms with Gasteiger partial charge in [0.15, 0.2) is 0 Å². The fourth-order valence-electron chi connectivity index (χ4n) is 11.6. The van der Waals surface area contributed by atoms with E-state index in [9.17, 15) is 0 Å². The van der Waals surface area contributed by atoms with Crippen LogP contribution in [-0.4, -0.2) is 15.6 Å². The second kappa shape index (κ2) is 21.0. The van der Waals surface area contributed by atoms with Crippen LogP contribution in [0.15, 0.2) is 170 Å². The molecule has 7 heteroatoms. The molecule has 8 aromatic carbocycles. The van der Waals surface area contributed by atoms with Crippen molar-refractivity contribution in [2.24, 2.45) is 0 Å². The third kappa shape index (κ3) is 10.5. The molecule has 0 aliphatic carbocycles. The normalized spacial score (nSPS) is 12.8. The molecular weight excluding hydrogens is 999 g/mol. The van der Waals surface area contributed by atoms with Crippen LogP contribution in [0, 0.1) is 11.6 Å². The van der Waals surface area contributed by atoms with Crippen molar-refractivity contribution in [3.63, 3.8) is 0 Å². The van der Waals surface area contributed by atoms with Gasteiger partial charge in [0.2, 0.25) is 11.4 Å². The van der Waals surface area contributed by atoms with E-state index in [-0.39, 0.29) is 34.5 Å². The van der Waals surface area contributed by atoms with Crippen molar-refractivity contribution in [1.82, 2.24) is 18.7 Å². The largest absolute Gasteiger partial charge is 0.503 e. The molecular formula is C74H74F2N4O+2. The second-order valence-electron chi connectivity index (χ2n) is 25.4. The number of hydrogen-bond donors (Lipinski definition) is 0. The lowest BCUT2D eigenvalue weighted by molar-refractivity contribution is 0.483. The lowest BCUT2D eigenvalue weighted by atomic mass is 9.78. The van der Waals surface area contributed by atoms with Gasteiger partial charge in [-0.2, -0.15) is 0 Å². The molecule has 0 saturated carbocycles. The van der Waals surface area contributed by atoms with Crippen molar-refractivity contribution < 1.29 is 13.5 Å². The highest BCUT2D eigenvalue weighted by Crippen LogP contribution is 2.48. The van der Waals surface area contributed by atoms with Gasteiger partial charge in [-0.25, -0.2) is 13.8 Å². The highest BCUT2D eigenvalue weighted by Gasteiger charge is 2.40. The smallest absolute Gasteiger partial charge is 0.457 e. The van der Waals surface area contributed by atoms with Crippen LogP contribution in [0.2, 0.25) is 0 Å². The van der Waals surface area contributed by atoms with Gasteiger partial charge in [0, 0.05) is 47.3 Å².